The molecule has 0 radical (unpaired) electrons. The monoisotopic (exact) mass is 560 g/mol. The number of amides is 1. The number of aromatic nitrogens is 1. The minimum absolute atomic E-state index is 0.115. The average Bonchev–Trinajstić information content (AvgIpc) is 3.44. The molecule has 42 heavy (non-hydrogen) atoms. The van der Waals surface area contributed by atoms with Crippen molar-refractivity contribution >= 4 is 33.6 Å². The third kappa shape index (κ3) is 5.12. The first-order valence-electron chi connectivity index (χ1n) is 13.5. The Morgan fingerprint density at radius 2 is 1.55 bits per heavy atom. The molecule has 0 saturated heterocycles. The van der Waals surface area contributed by atoms with Gasteiger partial charge in [-0.3, -0.25) is 4.79 Å². The molecule has 5 nitrogen and oxygen atoms in total. The van der Waals surface area contributed by atoms with Crippen LogP contribution in [0.1, 0.15) is 44.8 Å². The van der Waals surface area contributed by atoms with Crippen molar-refractivity contribution in [2.24, 2.45) is 0 Å². The fourth-order valence-electron chi connectivity index (χ4n) is 5.32. The molecule has 0 aliphatic heterocycles. The average molecular weight is 561 g/mol. The first-order valence-corrected chi connectivity index (χ1v) is 13.5. The number of hydrogen-bond acceptors (Lipinski definition) is 2. The van der Waals surface area contributed by atoms with E-state index in [0.29, 0.717) is 22.2 Å². The third-order valence-corrected chi connectivity index (χ3v) is 7.64. The fraction of sp³-hybridized carbons (Fsp3) is 0.0857. The maximum atomic E-state index is 14.1. The molecule has 7 heteroatoms. The van der Waals surface area contributed by atoms with E-state index in [1.165, 1.54) is 18.2 Å². The van der Waals surface area contributed by atoms with E-state index in [2.05, 4.69) is 42.6 Å². The molecule has 5 aromatic carbocycles. The molecule has 208 valence electrons. The van der Waals surface area contributed by atoms with Crippen LogP contribution >= 0.6 is 0 Å². The summed E-state index contributed by atoms with van der Waals surface area (Å²) in [7, 11) is 0. The van der Waals surface area contributed by atoms with Crippen LogP contribution in [0.3, 0.4) is 0 Å². The molecule has 0 aliphatic carbocycles. The van der Waals surface area contributed by atoms with E-state index in [1.807, 2.05) is 35.0 Å². The van der Waals surface area contributed by atoms with Crippen molar-refractivity contribution in [1.29, 1.82) is 0 Å². The SMILES string of the molecule is C[C@H](c1ccc2ccccc2c1)n1ccc2cc(-c3ccc(F)c(F)c3)cc(C(=O)NCc3ccc(C(=O)O)cc3)c21. The van der Waals surface area contributed by atoms with Crippen LogP contribution in [0.25, 0.3) is 32.8 Å². The molecule has 6 aromatic rings. The third-order valence-electron chi connectivity index (χ3n) is 7.64. The second-order valence-electron chi connectivity index (χ2n) is 10.3. The van der Waals surface area contributed by atoms with Gasteiger partial charge in [-0.2, -0.15) is 0 Å². The van der Waals surface area contributed by atoms with Crippen molar-refractivity contribution < 1.29 is 23.5 Å². The summed E-state index contributed by atoms with van der Waals surface area (Å²) in [5, 5.41) is 15.1. The highest BCUT2D eigenvalue weighted by Gasteiger charge is 2.20. The Bertz CT molecular complexity index is 1980. The molecular formula is C35H26F2N2O3. The molecule has 0 bridgehead atoms. The molecule has 0 unspecified atom stereocenters. The van der Waals surface area contributed by atoms with Gasteiger partial charge in [-0.05, 0) is 88.5 Å². The maximum Gasteiger partial charge on any atom is 0.335 e. The largest absolute Gasteiger partial charge is 0.478 e. The lowest BCUT2D eigenvalue weighted by molar-refractivity contribution is 0.0696. The second-order valence-corrected chi connectivity index (χ2v) is 10.3. The smallest absolute Gasteiger partial charge is 0.335 e. The number of nitrogens with zero attached hydrogens (tertiary/aromatic N) is 1. The minimum Gasteiger partial charge on any atom is -0.478 e. The molecule has 0 saturated carbocycles. The fourth-order valence-corrected chi connectivity index (χ4v) is 5.32. The van der Waals surface area contributed by atoms with Crippen LogP contribution in [-0.4, -0.2) is 21.6 Å². The highest BCUT2D eigenvalue weighted by atomic mass is 19.2. The van der Waals surface area contributed by atoms with Crippen LogP contribution in [0.2, 0.25) is 0 Å². The summed E-state index contributed by atoms with van der Waals surface area (Å²) in [6, 6.07) is 29.8. The Balaban J connectivity index is 1.42. The number of fused-ring (bicyclic) bond motifs is 2. The molecule has 0 fully saturated rings. The van der Waals surface area contributed by atoms with Crippen LogP contribution in [0, 0.1) is 11.6 Å². The van der Waals surface area contributed by atoms with Crippen molar-refractivity contribution in [3.63, 3.8) is 0 Å². The van der Waals surface area contributed by atoms with Gasteiger partial charge in [0.2, 0.25) is 0 Å². The topological polar surface area (TPSA) is 71.3 Å². The van der Waals surface area contributed by atoms with E-state index in [1.54, 1.807) is 18.2 Å². The lowest BCUT2D eigenvalue weighted by Gasteiger charge is -2.19. The van der Waals surface area contributed by atoms with Gasteiger partial charge in [0.05, 0.1) is 22.7 Å². The number of aromatic carboxylic acids is 1. The number of halogens is 2. The molecular weight excluding hydrogens is 534 g/mol. The molecule has 1 aromatic heterocycles. The summed E-state index contributed by atoms with van der Waals surface area (Å²) in [5.41, 5.74) is 4.08. The Morgan fingerprint density at radius 3 is 2.29 bits per heavy atom. The number of carbonyl (C=O) groups is 2. The minimum atomic E-state index is -1.02. The summed E-state index contributed by atoms with van der Waals surface area (Å²) < 4.78 is 29.9. The van der Waals surface area contributed by atoms with Gasteiger partial charge in [-0.15, -0.1) is 0 Å². The Morgan fingerprint density at radius 1 is 0.786 bits per heavy atom. The lowest BCUT2D eigenvalue weighted by Crippen LogP contribution is -2.24. The van der Waals surface area contributed by atoms with Gasteiger partial charge in [0.15, 0.2) is 11.6 Å². The first kappa shape index (κ1) is 26.9. The van der Waals surface area contributed by atoms with E-state index in [0.717, 1.165) is 39.4 Å². The summed E-state index contributed by atoms with van der Waals surface area (Å²) in [6.07, 6.45) is 1.93. The van der Waals surface area contributed by atoms with Gasteiger partial charge in [0, 0.05) is 18.1 Å². The Kier molecular flexibility index (Phi) is 7.00. The summed E-state index contributed by atoms with van der Waals surface area (Å²) in [6.45, 7) is 2.25. The van der Waals surface area contributed by atoms with Crippen molar-refractivity contribution in [2.75, 3.05) is 0 Å². The van der Waals surface area contributed by atoms with Crippen molar-refractivity contribution in [3.05, 3.63) is 143 Å². The van der Waals surface area contributed by atoms with E-state index >= 15 is 0 Å². The van der Waals surface area contributed by atoms with Crippen LogP contribution in [0.4, 0.5) is 8.78 Å². The van der Waals surface area contributed by atoms with Crippen LogP contribution in [0.15, 0.2) is 109 Å². The quantitative estimate of drug-likeness (QED) is 0.208. The molecule has 1 atom stereocenters. The zero-order valence-electron chi connectivity index (χ0n) is 22.6. The number of carboxylic acid groups (broad SMARTS) is 1. The lowest BCUT2D eigenvalue weighted by atomic mass is 9.98. The van der Waals surface area contributed by atoms with Gasteiger partial charge in [-0.25, -0.2) is 13.6 Å². The number of nitrogens with one attached hydrogen (secondary N) is 1. The van der Waals surface area contributed by atoms with Crippen molar-refractivity contribution in [2.45, 2.75) is 19.5 Å². The maximum absolute atomic E-state index is 14.1. The van der Waals surface area contributed by atoms with Gasteiger partial charge in [0.25, 0.3) is 5.91 Å². The van der Waals surface area contributed by atoms with E-state index in [-0.39, 0.29) is 24.1 Å². The summed E-state index contributed by atoms with van der Waals surface area (Å²) in [5.74, 6) is -3.28. The number of carbonyl (C=O) groups excluding carboxylic acids is 1. The van der Waals surface area contributed by atoms with Gasteiger partial charge < -0.3 is 15.0 Å². The highest BCUT2D eigenvalue weighted by Crippen LogP contribution is 2.33. The van der Waals surface area contributed by atoms with E-state index in [9.17, 15) is 18.4 Å². The predicted octanol–water partition coefficient (Wildman–Crippen LogP) is 7.98. The zero-order valence-corrected chi connectivity index (χ0v) is 22.6. The standard InChI is InChI=1S/C35H26F2N2O3/c1-21(25-11-10-23-4-2-3-5-26(23)16-25)39-15-14-28-17-29(27-12-13-31(36)32(37)19-27)18-30(33(28)39)34(40)38-20-22-6-8-24(9-7-22)35(41)42/h2-19,21H,20H2,1H3,(H,38,40)(H,41,42)/t21-/m1/s1. The Labute approximate surface area is 240 Å². The molecule has 6 rings (SSSR count). The van der Waals surface area contributed by atoms with Crippen LogP contribution < -0.4 is 5.32 Å². The molecule has 1 amide bonds. The number of hydrogen-bond donors (Lipinski definition) is 2. The molecule has 2 N–H and O–H groups in total. The number of carboxylic acids is 1. The van der Waals surface area contributed by atoms with E-state index in [4.69, 9.17) is 5.11 Å². The van der Waals surface area contributed by atoms with Gasteiger partial charge >= 0.3 is 5.97 Å². The molecule has 0 aliphatic rings. The normalized spacial score (nSPS) is 12.0. The highest BCUT2D eigenvalue weighted by molar-refractivity contribution is 6.08. The number of rotatable bonds is 7. The van der Waals surface area contributed by atoms with Crippen LogP contribution in [-0.2, 0) is 6.54 Å². The van der Waals surface area contributed by atoms with Gasteiger partial charge in [-0.1, -0.05) is 54.6 Å². The van der Waals surface area contributed by atoms with Gasteiger partial charge in [0.1, 0.15) is 0 Å². The van der Waals surface area contributed by atoms with Crippen LogP contribution in [0.5, 0.6) is 0 Å². The second kappa shape index (κ2) is 10.9. The molecule has 0 spiro atoms. The first-order chi connectivity index (χ1) is 20.3. The van der Waals surface area contributed by atoms with Crippen molar-refractivity contribution in [3.8, 4) is 11.1 Å². The zero-order chi connectivity index (χ0) is 29.4. The van der Waals surface area contributed by atoms with E-state index < -0.39 is 17.6 Å². The van der Waals surface area contributed by atoms with Crippen molar-refractivity contribution in [1.82, 2.24) is 9.88 Å². The number of benzene rings is 5. The predicted molar refractivity (Wildman–Crippen MR) is 160 cm³/mol. The molecule has 1 heterocycles. The summed E-state index contributed by atoms with van der Waals surface area (Å²) in [4.78, 5) is 24.9. The Hall–Kier alpha value is -5.30. The summed E-state index contributed by atoms with van der Waals surface area (Å²) >= 11 is 0.